The molecule has 1 atom stereocenters. The van der Waals surface area contributed by atoms with Crippen LogP contribution in [-0.2, 0) is 6.42 Å². The second kappa shape index (κ2) is 7.76. The molecule has 2 aromatic rings. The third-order valence-corrected chi connectivity index (χ3v) is 3.32. The van der Waals surface area contributed by atoms with E-state index in [-0.39, 0.29) is 12.6 Å². The van der Waals surface area contributed by atoms with Crippen LogP contribution in [0.25, 0.3) is 0 Å². The van der Waals surface area contributed by atoms with Crippen LogP contribution < -0.4 is 10.1 Å². The van der Waals surface area contributed by atoms with E-state index < -0.39 is 0 Å². The summed E-state index contributed by atoms with van der Waals surface area (Å²) in [5, 5.41) is 12.3. The average molecular weight is 286 g/mol. The van der Waals surface area contributed by atoms with Gasteiger partial charge in [-0.2, -0.15) is 0 Å². The highest BCUT2D eigenvalue weighted by Crippen LogP contribution is 2.22. The van der Waals surface area contributed by atoms with Gasteiger partial charge in [0, 0.05) is 24.9 Å². The van der Waals surface area contributed by atoms with E-state index in [2.05, 4.69) is 24.1 Å². The summed E-state index contributed by atoms with van der Waals surface area (Å²) in [5.74, 6) is 1.34. The van der Waals surface area contributed by atoms with E-state index in [4.69, 9.17) is 9.84 Å². The Morgan fingerprint density at radius 1 is 1.24 bits per heavy atom. The first kappa shape index (κ1) is 15.5. The first-order valence-corrected chi connectivity index (χ1v) is 7.30. The predicted molar refractivity (Wildman–Crippen MR) is 83.6 cm³/mol. The molecule has 0 saturated heterocycles. The number of nitrogens with one attached hydrogen (secondary N) is 1. The number of hydrogen-bond donors (Lipinski definition) is 2. The Morgan fingerprint density at radius 3 is 2.67 bits per heavy atom. The van der Waals surface area contributed by atoms with Crippen LogP contribution in [-0.4, -0.2) is 23.2 Å². The third kappa shape index (κ3) is 4.55. The molecule has 1 heterocycles. The minimum absolute atomic E-state index is 0.159. The molecule has 0 aliphatic carbocycles. The molecule has 0 aliphatic rings. The van der Waals surface area contributed by atoms with Crippen molar-refractivity contribution in [1.29, 1.82) is 0 Å². The van der Waals surface area contributed by atoms with Crippen molar-refractivity contribution < 1.29 is 9.84 Å². The third-order valence-electron chi connectivity index (χ3n) is 3.32. The number of aromatic nitrogens is 1. The molecule has 1 aromatic heterocycles. The van der Waals surface area contributed by atoms with Crippen molar-refractivity contribution in [3.05, 3.63) is 53.7 Å². The van der Waals surface area contributed by atoms with Crippen molar-refractivity contribution in [2.45, 2.75) is 26.3 Å². The number of ether oxygens (including phenoxy) is 1. The number of hydrogen-bond acceptors (Lipinski definition) is 4. The van der Waals surface area contributed by atoms with Crippen molar-refractivity contribution in [3.8, 4) is 11.6 Å². The molecule has 1 unspecified atom stereocenters. The number of rotatable bonds is 7. The Morgan fingerprint density at radius 2 is 2.00 bits per heavy atom. The predicted octanol–water partition coefficient (Wildman–Crippen LogP) is 3.08. The molecule has 0 spiro atoms. The smallest absolute Gasteiger partial charge is 0.219 e. The van der Waals surface area contributed by atoms with Crippen LogP contribution in [0.3, 0.4) is 0 Å². The van der Waals surface area contributed by atoms with E-state index in [0.29, 0.717) is 12.3 Å². The highest BCUT2D eigenvalue weighted by atomic mass is 16.5. The van der Waals surface area contributed by atoms with Gasteiger partial charge in [0.2, 0.25) is 5.88 Å². The lowest BCUT2D eigenvalue weighted by molar-refractivity contribution is 0.299. The minimum Gasteiger partial charge on any atom is -0.439 e. The van der Waals surface area contributed by atoms with Gasteiger partial charge in [0.25, 0.3) is 0 Å². The number of nitrogens with zero attached hydrogens (tertiary/aromatic N) is 1. The van der Waals surface area contributed by atoms with Gasteiger partial charge in [-0.25, -0.2) is 4.98 Å². The summed E-state index contributed by atoms with van der Waals surface area (Å²) in [6.45, 7) is 5.29. The summed E-state index contributed by atoms with van der Waals surface area (Å²) in [5.41, 5.74) is 2.24. The Hall–Kier alpha value is -1.91. The van der Waals surface area contributed by atoms with Crippen LogP contribution in [0.2, 0.25) is 0 Å². The molecule has 2 rings (SSSR count). The normalized spacial score (nSPS) is 12.1. The lowest BCUT2D eigenvalue weighted by Gasteiger charge is -2.13. The van der Waals surface area contributed by atoms with Crippen LogP contribution in [0.15, 0.2) is 42.6 Å². The van der Waals surface area contributed by atoms with Crippen LogP contribution in [0.5, 0.6) is 11.6 Å². The van der Waals surface area contributed by atoms with Gasteiger partial charge in [-0.15, -0.1) is 0 Å². The standard InChI is InChI=1S/C17H22N2O2/c1-3-18-13(2)15-8-10-19-17(12-15)21-16-6-4-14(5-7-16)9-11-20/h4-8,10,12-13,18,20H,3,9,11H2,1-2H3. The van der Waals surface area contributed by atoms with Gasteiger partial charge >= 0.3 is 0 Å². The van der Waals surface area contributed by atoms with Gasteiger partial charge in [0.15, 0.2) is 0 Å². The first-order valence-electron chi connectivity index (χ1n) is 7.30. The molecule has 112 valence electrons. The SMILES string of the molecule is CCNC(C)c1ccnc(Oc2ccc(CCO)cc2)c1. The van der Waals surface area contributed by atoms with Crippen LogP contribution in [0.1, 0.15) is 31.0 Å². The molecule has 0 fully saturated rings. The fraction of sp³-hybridized carbons (Fsp3) is 0.353. The van der Waals surface area contributed by atoms with Crippen molar-refractivity contribution in [3.63, 3.8) is 0 Å². The molecule has 4 heteroatoms. The van der Waals surface area contributed by atoms with Gasteiger partial charge in [0.05, 0.1) is 0 Å². The van der Waals surface area contributed by atoms with E-state index >= 15 is 0 Å². The number of benzene rings is 1. The van der Waals surface area contributed by atoms with Gasteiger partial charge in [-0.3, -0.25) is 0 Å². The van der Waals surface area contributed by atoms with Crippen molar-refractivity contribution in [2.75, 3.05) is 13.2 Å². The van der Waals surface area contributed by atoms with Gasteiger partial charge in [0.1, 0.15) is 5.75 Å². The fourth-order valence-electron chi connectivity index (χ4n) is 2.15. The van der Waals surface area contributed by atoms with Gasteiger partial charge in [-0.05, 0) is 49.2 Å². The zero-order chi connectivity index (χ0) is 15.1. The molecule has 0 radical (unpaired) electrons. The quantitative estimate of drug-likeness (QED) is 0.821. The molecule has 1 aromatic carbocycles. The first-order chi connectivity index (χ1) is 10.2. The van der Waals surface area contributed by atoms with Gasteiger partial charge in [-0.1, -0.05) is 19.1 Å². The molecule has 0 aliphatic heterocycles. The monoisotopic (exact) mass is 286 g/mol. The summed E-state index contributed by atoms with van der Waals surface area (Å²) >= 11 is 0. The van der Waals surface area contributed by atoms with Crippen LogP contribution in [0.4, 0.5) is 0 Å². The minimum atomic E-state index is 0.159. The van der Waals surface area contributed by atoms with E-state index in [1.54, 1.807) is 6.20 Å². The number of aliphatic hydroxyl groups excluding tert-OH is 1. The summed E-state index contributed by atoms with van der Waals surface area (Å²) in [4.78, 5) is 4.25. The Kier molecular flexibility index (Phi) is 5.72. The molecule has 0 amide bonds. The molecular weight excluding hydrogens is 264 g/mol. The van der Waals surface area contributed by atoms with E-state index in [0.717, 1.165) is 23.4 Å². The Bertz CT molecular complexity index is 555. The molecule has 4 nitrogen and oxygen atoms in total. The van der Waals surface area contributed by atoms with Crippen molar-refractivity contribution in [1.82, 2.24) is 10.3 Å². The van der Waals surface area contributed by atoms with Crippen molar-refractivity contribution >= 4 is 0 Å². The maximum Gasteiger partial charge on any atom is 0.219 e. The Labute approximate surface area is 125 Å². The summed E-state index contributed by atoms with van der Waals surface area (Å²) < 4.78 is 5.78. The number of aliphatic hydroxyl groups is 1. The maximum atomic E-state index is 8.90. The summed E-state index contributed by atoms with van der Waals surface area (Å²) in [6, 6.07) is 11.9. The number of pyridine rings is 1. The highest BCUT2D eigenvalue weighted by molar-refractivity contribution is 5.32. The lowest BCUT2D eigenvalue weighted by Crippen LogP contribution is -2.17. The molecule has 2 N–H and O–H groups in total. The van der Waals surface area contributed by atoms with Crippen LogP contribution in [0, 0.1) is 0 Å². The molecular formula is C17H22N2O2. The second-order valence-electron chi connectivity index (χ2n) is 4.93. The molecule has 21 heavy (non-hydrogen) atoms. The molecule has 0 bridgehead atoms. The largest absolute Gasteiger partial charge is 0.439 e. The lowest BCUT2D eigenvalue weighted by atomic mass is 10.1. The summed E-state index contributed by atoms with van der Waals surface area (Å²) in [6.07, 6.45) is 2.42. The Balaban J connectivity index is 2.06. The van der Waals surface area contributed by atoms with E-state index in [1.165, 1.54) is 0 Å². The zero-order valence-corrected chi connectivity index (χ0v) is 12.5. The van der Waals surface area contributed by atoms with Crippen molar-refractivity contribution in [2.24, 2.45) is 0 Å². The van der Waals surface area contributed by atoms with Crippen LogP contribution >= 0.6 is 0 Å². The van der Waals surface area contributed by atoms with Gasteiger partial charge < -0.3 is 15.2 Å². The van der Waals surface area contributed by atoms with E-state index in [9.17, 15) is 0 Å². The molecule has 0 saturated carbocycles. The van der Waals surface area contributed by atoms with E-state index in [1.807, 2.05) is 36.4 Å². The average Bonchev–Trinajstić information content (AvgIpc) is 2.50. The highest BCUT2D eigenvalue weighted by Gasteiger charge is 2.06. The summed E-state index contributed by atoms with van der Waals surface area (Å²) in [7, 11) is 0. The zero-order valence-electron chi connectivity index (χ0n) is 12.5. The topological polar surface area (TPSA) is 54.4 Å². The maximum absolute atomic E-state index is 8.90. The second-order valence-corrected chi connectivity index (χ2v) is 4.93. The fourth-order valence-corrected chi connectivity index (χ4v) is 2.15.